The summed E-state index contributed by atoms with van der Waals surface area (Å²) in [6.45, 7) is 3.98. The van der Waals surface area contributed by atoms with Crippen molar-refractivity contribution in [3.8, 4) is 10.4 Å². The Morgan fingerprint density at radius 1 is 1.06 bits per heavy atom. The molecule has 160 valence electrons. The third-order valence-electron chi connectivity index (χ3n) is 5.23. The van der Waals surface area contributed by atoms with Crippen LogP contribution in [0.25, 0.3) is 10.4 Å². The van der Waals surface area contributed by atoms with Crippen molar-refractivity contribution in [3.05, 3.63) is 77.1 Å². The first kappa shape index (κ1) is 21.2. The van der Waals surface area contributed by atoms with Crippen LogP contribution >= 0.6 is 11.3 Å². The van der Waals surface area contributed by atoms with E-state index in [2.05, 4.69) is 5.32 Å². The number of amides is 2. The second-order valence-corrected chi connectivity index (χ2v) is 8.40. The van der Waals surface area contributed by atoms with Crippen molar-refractivity contribution in [1.82, 2.24) is 4.90 Å². The van der Waals surface area contributed by atoms with E-state index in [1.54, 1.807) is 17.0 Å². The lowest BCUT2D eigenvalue weighted by Gasteiger charge is -2.27. The molecule has 0 bridgehead atoms. The summed E-state index contributed by atoms with van der Waals surface area (Å²) in [6, 6.07) is 15.7. The molecular weight excluding hydrogens is 415 g/mol. The van der Waals surface area contributed by atoms with Crippen molar-refractivity contribution in [1.29, 1.82) is 0 Å². The number of nitrogens with zero attached hydrogens (tertiary/aromatic N) is 1. The maximum atomic E-state index is 13.3. The Hall–Kier alpha value is -3.03. The number of ether oxygens (including phenoxy) is 1. The summed E-state index contributed by atoms with van der Waals surface area (Å²) in [5.74, 6) is -0.691. The molecule has 2 heterocycles. The zero-order chi connectivity index (χ0) is 21.8. The van der Waals surface area contributed by atoms with Gasteiger partial charge in [0.2, 0.25) is 5.91 Å². The van der Waals surface area contributed by atoms with Gasteiger partial charge in [-0.1, -0.05) is 42.5 Å². The quantitative estimate of drug-likeness (QED) is 0.637. The summed E-state index contributed by atoms with van der Waals surface area (Å²) >= 11 is 1.40. The van der Waals surface area contributed by atoms with Gasteiger partial charge in [-0.3, -0.25) is 9.59 Å². The van der Waals surface area contributed by atoms with E-state index < -0.39 is 0 Å². The average Bonchev–Trinajstić information content (AvgIpc) is 3.11. The van der Waals surface area contributed by atoms with Crippen LogP contribution < -0.4 is 5.32 Å². The molecule has 0 aliphatic carbocycles. The van der Waals surface area contributed by atoms with Crippen LogP contribution in [-0.2, 0) is 16.0 Å². The highest BCUT2D eigenvalue weighted by Gasteiger charge is 2.28. The molecule has 2 aromatic carbocycles. The third kappa shape index (κ3) is 4.84. The molecular formula is C24H23FN2O3S. The molecule has 1 saturated heterocycles. The van der Waals surface area contributed by atoms with E-state index in [0.29, 0.717) is 42.4 Å². The van der Waals surface area contributed by atoms with Gasteiger partial charge < -0.3 is 15.0 Å². The van der Waals surface area contributed by atoms with Gasteiger partial charge in [-0.2, -0.15) is 0 Å². The summed E-state index contributed by atoms with van der Waals surface area (Å²) in [6.07, 6.45) is 0.100. The van der Waals surface area contributed by atoms with Gasteiger partial charge in [-0.25, -0.2) is 4.39 Å². The lowest BCUT2D eigenvalue weighted by molar-refractivity contribution is -0.115. The van der Waals surface area contributed by atoms with Gasteiger partial charge in [0.05, 0.1) is 25.2 Å². The van der Waals surface area contributed by atoms with E-state index in [1.165, 1.54) is 23.5 Å². The number of halogens is 1. The van der Waals surface area contributed by atoms with Gasteiger partial charge in [0.15, 0.2) is 0 Å². The zero-order valence-corrected chi connectivity index (χ0v) is 18.0. The molecule has 5 nitrogen and oxygen atoms in total. The van der Waals surface area contributed by atoms with Crippen LogP contribution in [0.3, 0.4) is 0 Å². The van der Waals surface area contributed by atoms with Gasteiger partial charge in [-0.05, 0) is 35.7 Å². The number of nitrogens with one attached hydrogen (secondary N) is 1. The smallest absolute Gasteiger partial charge is 0.257 e. The largest absolute Gasteiger partial charge is 0.378 e. The van der Waals surface area contributed by atoms with Crippen LogP contribution in [0.5, 0.6) is 0 Å². The lowest BCUT2D eigenvalue weighted by Crippen LogP contribution is -2.41. The molecule has 0 unspecified atom stereocenters. The van der Waals surface area contributed by atoms with E-state index >= 15 is 0 Å². The lowest BCUT2D eigenvalue weighted by atomic mass is 10.1. The molecule has 0 radical (unpaired) electrons. The monoisotopic (exact) mass is 438 g/mol. The predicted molar refractivity (Wildman–Crippen MR) is 120 cm³/mol. The fourth-order valence-corrected chi connectivity index (χ4v) is 4.83. The molecule has 0 spiro atoms. The molecule has 4 rings (SSSR count). The summed E-state index contributed by atoms with van der Waals surface area (Å²) in [4.78, 5) is 28.8. The van der Waals surface area contributed by atoms with Crippen LogP contribution in [0.15, 0.2) is 54.6 Å². The molecule has 1 fully saturated rings. The molecule has 0 saturated carbocycles. The van der Waals surface area contributed by atoms with Crippen molar-refractivity contribution in [2.75, 3.05) is 31.6 Å². The number of rotatable bonds is 5. The molecule has 1 aliphatic rings. The minimum atomic E-state index is -0.344. The molecule has 3 aromatic rings. The molecule has 0 atom stereocenters. The summed E-state index contributed by atoms with van der Waals surface area (Å²) in [5, 5.41) is 3.47. The summed E-state index contributed by atoms with van der Waals surface area (Å²) in [7, 11) is 0. The maximum Gasteiger partial charge on any atom is 0.257 e. The molecule has 1 N–H and O–H groups in total. The molecule has 1 aromatic heterocycles. The number of carbonyl (C=O) groups is 2. The maximum absolute atomic E-state index is 13.3. The Morgan fingerprint density at radius 2 is 1.74 bits per heavy atom. The number of anilines is 1. The van der Waals surface area contributed by atoms with Gasteiger partial charge in [0.25, 0.3) is 5.91 Å². The topological polar surface area (TPSA) is 58.6 Å². The predicted octanol–water partition coefficient (Wildman–Crippen LogP) is 4.52. The first-order valence-electron chi connectivity index (χ1n) is 10.1. The van der Waals surface area contributed by atoms with E-state index in [1.807, 2.05) is 37.3 Å². The fourth-order valence-electron chi connectivity index (χ4n) is 3.61. The van der Waals surface area contributed by atoms with E-state index in [-0.39, 0.29) is 24.1 Å². The Kier molecular flexibility index (Phi) is 6.44. The van der Waals surface area contributed by atoms with Crippen molar-refractivity contribution in [2.24, 2.45) is 0 Å². The van der Waals surface area contributed by atoms with E-state index in [9.17, 15) is 14.0 Å². The van der Waals surface area contributed by atoms with Gasteiger partial charge in [0.1, 0.15) is 10.8 Å². The second-order valence-electron chi connectivity index (χ2n) is 7.38. The fraction of sp³-hybridized carbons (Fsp3) is 0.250. The summed E-state index contributed by atoms with van der Waals surface area (Å²) < 4.78 is 18.5. The van der Waals surface area contributed by atoms with Crippen molar-refractivity contribution >= 4 is 28.2 Å². The number of hydrogen-bond donors (Lipinski definition) is 1. The average molecular weight is 439 g/mol. The SMILES string of the molecule is Cc1c(-c2ccccc2)sc(NC(=O)Cc2ccc(F)cc2)c1C(=O)N1CCOCC1. The molecule has 31 heavy (non-hydrogen) atoms. The number of thiophene rings is 1. The van der Waals surface area contributed by atoms with Crippen LogP contribution in [0.1, 0.15) is 21.5 Å². The van der Waals surface area contributed by atoms with Crippen molar-refractivity contribution in [3.63, 3.8) is 0 Å². The van der Waals surface area contributed by atoms with Crippen molar-refractivity contribution in [2.45, 2.75) is 13.3 Å². The normalized spacial score (nSPS) is 13.8. The third-order valence-corrected chi connectivity index (χ3v) is 6.48. The van der Waals surface area contributed by atoms with Crippen LogP contribution in [0.2, 0.25) is 0 Å². The molecule has 1 aliphatic heterocycles. The van der Waals surface area contributed by atoms with E-state index in [0.717, 1.165) is 16.0 Å². The Bertz CT molecular complexity index is 1070. The van der Waals surface area contributed by atoms with Gasteiger partial charge >= 0.3 is 0 Å². The van der Waals surface area contributed by atoms with Crippen LogP contribution in [0, 0.1) is 12.7 Å². The molecule has 7 heteroatoms. The highest BCUT2D eigenvalue weighted by molar-refractivity contribution is 7.20. The number of hydrogen-bond acceptors (Lipinski definition) is 4. The minimum absolute atomic E-state index is 0.100. The number of benzene rings is 2. The zero-order valence-electron chi connectivity index (χ0n) is 17.2. The first-order chi connectivity index (χ1) is 15.0. The first-order valence-corrected chi connectivity index (χ1v) is 10.9. The van der Waals surface area contributed by atoms with Gasteiger partial charge in [-0.15, -0.1) is 11.3 Å². The minimum Gasteiger partial charge on any atom is -0.378 e. The Morgan fingerprint density at radius 3 is 2.42 bits per heavy atom. The Labute approximate surface area is 184 Å². The number of carbonyl (C=O) groups excluding carboxylic acids is 2. The van der Waals surface area contributed by atoms with Gasteiger partial charge in [0, 0.05) is 18.0 Å². The van der Waals surface area contributed by atoms with Crippen LogP contribution in [0.4, 0.5) is 9.39 Å². The summed E-state index contributed by atoms with van der Waals surface area (Å²) in [5.41, 5.74) is 3.08. The van der Waals surface area contributed by atoms with Crippen LogP contribution in [-0.4, -0.2) is 43.0 Å². The highest BCUT2D eigenvalue weighted by Crippen LogP contribution is 2.40. The standard InChI is InChI=1S/C24H23FN2O3S/c1-16-21(24(29)27-11-13-30-14-12-27)23(31-22(16)18-5-3-2-4-6-18)26-20(28)15-17-7-9-19(25)10-8-17/h2-10H,11-15H2,1H3,(H,26,28). The Balaban J connectivity index is 1.65. The van der Waals surface area contributed by atoms with Crippen molar-refractivity contribution < 1.29 is 18.7 Å². The second kappa shape index (κ2) is 9.41. The molecule has 2 amide bonds. The number of morpholine rings is 1. The highest BCUT2D eigenvalue weighted by atomic mass is 32.1. The van der Waals surface area contributed by atoms with E-state index in [4.69, 9.17) is 4.74 Å².